The minimum Gasteiger partial charge on any atom is -0.494 e. The van der Waals surface area contributed by atoms with E-state index in [0.29, 0.717) is 5.56 Å². The fourth-order valence-electron chi connectivity index (χ4n) is 2.06. The van der Waals surface area contributed by atoms with Crippen molar-refractivity contribution in [1.82, 2.24) is 9.13 Å². The first-order valence-corrected chi connectivity index (χ1v) is 5.19. The summed E-state index contributed by atoms with van der Waals surface area (Å²) in [5.74, 6) is -0.296. The summed E-state index contributed by atoms with van der Waals surface area (Å²) in [6, 6.07) is 0. The summed E-state index contributed by atoms with van der Waals surface area (Å²) < 4.78 is 2.13. The standard InChI is InChI=1S/C11H14N2O3/c1-12-9(14)8(7-5-3-4-6-7)10(15)13(2)11(12)16/h3,5,7,14H,4,6H2,1-2H3. The van der Waals surface area contributed by atoms with Gasteiger partial charge in [0, 0.05) is 20.0 Å². The van der Waals surface area contributed by atoms with Crippen molar-refractivity contribution < 1.29 is 5.11 Å². The van der Waals surface area contributed by atoms with E-state index in [2.05, 4.69) is 0 Å². The summed E-state index contributed by atoms with van der Waals surface area (Å²) >= 11 is 0. The average molecular weight is 222 g/mol. The van der Waals surface area contributed by atoms with E-state index < -0.39 is 11.2 Å². The molecule has 86 valence electrons. The van der Waals surface area contributed by atoms with Crippen LogP contribution in [0.1, 0.15) is 24.3 Å². The Labute approximate surface area is 92.3 Å². The lowest BCUT2D eigenvalue weighted by Crippen LogP contribution is -2.39. The van der Waals surface area contributed by atoms with E-state index in [-0.39, 0.29) is 11.8 Å². The van der Waals surface area contributed by atoms with Crippen LogP contribution >= 0.6 is 0 Å². The van der Waals surface area contributed by atoms with Gasteiger partial charge in [0.25, 0.3) is 5.56 Å². The van der Waals surface area contributed by atoms with Gasteiger partial charge in [0.1, 0.15) is 0 Å². The van der Waals surface area contributed by atoms with Crippen LogP contribution in [0.15, 0.2) is 21.7 Å². The van der Waals surface area contributed by atoms with Gasteiger partial charge in [-0.25, -0.2) is 4.79 Å². The molecule has 16 heavy (non-hydrogen) atoms. The summed E-state index contributed by atoms with van der Waals surface area (Å²) in [5.41, 5.74) is -0.594. The van der Waals surface area contributed by atoms with Crippen molar-refractivity contribution in [2.75, 3.05) is 0 Å². The lowest BCUT2D eigenvalue weighted by atomic mass is 10.0. The second kappa shape index (κ2) is 3.66. The zero-order valence-corrected chi connectivity index (χ0v) is 9.30. The van der Waals surface area contributed by atoms with Crippen LogP contribution < -0.4 is 11.2 Å². The van der Waals surface area contributed by atoms with Gasteiger partial charge >= 0.3 is 5.69 Å². The quantitative estimate of drug-likeness (QED) is 0.691. The molecule has 5 nitrogen and oxygen atoms in total. The zero-order chi connectivity index (χ0) is 11.9. The number of hydrogen-bond acceptors (Lipinski definition) is 3. The topological polar surface area (TPSA) is 64.2 Å². The summed E-state index contributed by atoms with van der Waals surface area (Å²) in [7, 11) is 2.88. The zero-order valence-electron chi connectivity index (χ0n) is 9.30. The number of nitrogens with zero attached hydrogens (tertiary/aromatic N) is 2. The Morgan fingerprint density at radius 1 is 1.31 bits per heavy atom. The van der Waals surface area contributed by atoms with E-state index in [9.17, 15) is 14.7 Å². The number of aromatic hydroxyl groups is 1. The van der Waals surface area contributed by atoms with Crippen molar-refractivity contribution in [2.45, 2.75) is 18.8 Å². The van der Waals surface area contributed by atoms with Crippen molar-refractivity contribution in [3.63, 3.8) is 0 Å². The van der Waals surface area contributed by atoms with Crippen LogP contribution in [0.3, 0.4) is 0 Å². The molecule has 0 aromatic carbocycles. The summed E-state index contributed by atoms with van der Waals surface area (Å²) in [6.45, 7) is 0. The first-order valence-electron chi connectivity index (χ1n) is 5.19. The van der Waals surface area contributed by atoms with Gasteiger partial charge in [0.05, 0.1) is 5.56 Å². The molecule has 1 heterocycles. The van der Waals surface area contributed by atoms with E-state index in [1.165, 1.54) is 14.1 Å². The van der Waals surface area contributed by atoms with E-state index in [4.69, 9.17) is 0 Å². The van der Waals surface area contributed by atoms with Gasteiger partial charge in [-0.2, -0.15) is 0 Å². The van der Waals surface area contributed by atoms with Crippen LogP contribution in [-0.2, 0) is 14.1 Å². The van der Waals surface area contributed by atoms with Crippen molar-refractivity contribution in [3.8, 4) is 5.88 Å². The van der Waals surface area contributed by atoms with Crippen molar-refractivity contribution in [3.05, 3.63) is 38.6 Å². The Bertz CT molecular complexity index is 566. The van der Waals surface area contributed by atoms with E-state index in [1.807, 2.05) is 12.2 Å². The molecular formula is C11H14N2O3. The maximum atomic E-state index is 11.9. The molecule has 0 saturated carbocycles. The molecule has 0 amide bonds. The molecule has 5 heteroatoms. The molecule has 0 saturated heterocycles. The van der Waals surface area contributed by atoms with Crippen LogP contribution in [-0.4, -0.2) is 14.2 Å². The van der Waals surface area contributed by atoms with Crippen LogP contribution in [0.2, 0.25) is 0 Å². The highest BCUT2D eigenvalue weighted by atomic mass is 16.3. The molecule has 1 aliphatic rings. The van der Waals surface area contributed by atoms with Crippen LogP contribution in [0.4, 0.5) is 0 Å². The largest absolute Gasteiger partial charge is 0.494 e. The van der Waals surface area contributed by atoms with Gasteiger partial charge in [0.2, 0.25) is 5.88 Å². The minimum absolute atomic E-state index is 0.0782. The Hall–Kier alpha value is -1.78. The fraction of sp³-hybridized carbons (Fsp3) is 0.455. The van der Waals surface area contributed by atoms with E-state index >= 15 is 0 Å². The maximum Gasteiger partial charge on any atom is 0.333 e. The third-order valence-electron chi connectivity index (χ3n) is 3.05. The van der Waals surface area contributed by atoms with Gasteiger partial charge in [-0.3, -0.25) is 13.9 Å². The molecule has 1 aromatic rings. The molecule has 1 aromatic heterocycles. The van der Waals surface area contributed by atoms with Crippen molar-refractivity contribution >= 4 is 0 Å². The number of hydrogen-bond donors (Lipinski definition) is 1. The van der Waals surface area contributed by atoms with Gasteiger partial charge < -0.3 is 5.11 Å². The molecule has 0 radical (unpaired) electrons. The van der Waals surface area contributed by atoms with Gasteiger partial charge in [-0.1, -0.05) is 12.2 Å². The Morgan fingerprint density at radius 3 is 2.56 bits per heavy atom. The third kappa shape index (κ3) is 1.39. The Balaban J connectivity index is 2.75. The summed E-state index contributed by atoms with van der Waals surface area (Å²) in [6.07, 6.45) is 5.59. The first-order chi connectivity index (χ1) is 7.54. The number of aromatic nitrogens is 2. The van der Waals surface area contributed by atoms with Gasteiger partial charge in [-0.05, 0) is 12.8 Å². The SMILES string of the molecule is Cn1c(O)c(C2C=CCC2)c(=O)n(C)c1=O. The second-order valence-electron chi connectivity index (χ2n) is 4.06. The van der Waals surface area contributed by atoms with Crippen molar-refractivity contribution in [1.29, 1.82) is 0 Å². The highest BCUT2D eigenvalue weighted by molar-refractivity contribution is 5.32. The maximum absolute atomic E-state index is 11.9. The molecule has 1 atom stereocenters. The van der Waals surface area contributed by atoms with Crippen LogP contribution in [0.5, 0.6) is 5.88 Å². The van der Waals surface area contributed by atoms with Gasteiger partial charge in [-0.15, -0.1) is 0 Å². The predicted octanol–water partition coefficient (Wildman–Crippen LogP) is 0.223. The molecule has 1 unspecified atom stereocenters. The van der Waals surface area contributed by atoms with E-state index in [1.54, 1.807) is 0 Å². The molecule has 0 aliphatic heterocycles. The smallest absolute Gasteiger partial charge is 0.333 e. The average Bonchev–Trinajstić information content (AvgIpc) is 2.77. The molecule has 0 fully saturated rings. The minimum atomic E-state index is -0.506. The molecule has 2 rings (SSSR count). The first kappa shape index (κ1) is 10.7. The lowest BCUT2D eigenvalue weighted by molar-refractivity contribution is 0.399. The molecule has 0 bridgehead atoms. The van der Waals surface area contributed by atoms with E-state index in [0.717, 1.165) is 22.0 Å². The van der Waals surface area contributed by atoms with Crippen LogP contribution in [0, 0.1) is 0 Å². The highest BCUT2D eigenvalue weighted by Crippen LogP contribution is 2.30. The van der Waals surface area contributed by atoms with Crippen LogP contribution in [0.25, 0.3) is 0 Å². The monoisotopic (exact) mass is 222 g/mol. The number of rotatable bonds is 1. The lowest BCUT2D eigenvalue weighted by Gasteiger charge is -2.13. The third-order valence-corrected chi connectivity index (χ3v) is 3.05. The molecular weight excluding hydrogens is 208 g/mol. The Kier molecular flexibility index (Phi) is 2.46. The predicted molar refractivity (Wildman–Crippen MR) is 59.7 cm³/mol. The molecule has 0 spiro atoms. The second-order valence-corrected chi connectivity index (χ2v) is 4.06. The van der Waals surface area contributed by atoms with Crippen molar-refractivity contribution in [2.24, 2.45) is 14.1 Å². The molecule has 1 N–H and O–H groups in total. The van der Waals surface area contributed by atoms with Gasteiger partial charge in [0.15, 0.2) is 0 Å². The highest BCUT2D eigenvalue weighted by Gasteiger charge is 2.23. The Morgan fingerprint density at radius 2 is 2.00 bits per heavy atom. The fourth-order valence-corrected chi connectivity index (χ4v) is 2.06. The number of allylic oxidation sites excluding steroid dienone is 2. The summed E-state index contributed by atoms with van der Waals surface area (Å²) in [4.78, 5) is 23.4. The molecule has 1 aliphatic carbocycles. The summed E-state index contributed by atoms with van der Waals surface area (Å²) in [5, 5.41) is 9.86. The normalized spacial score (nSPS) is 19.2.